The summed E-state index contributed by atoms with van der Waals surface area (Å²) in [7, 11) is -1.55. The molecule has 1 aliphatic rings. The third-order valence-electron chi connectivity index (χ3n) is 4.26. The lowest BCUT2D eigenvalue weighted by Gasteiger charge is -2.34. The Morgan fingerprint density at radius 2 is 1.78 bits per heavy atom. The van der Waals surface area contributed by atoms with E-state index in [2.05, 4.69) is 10.00 Å². The Kier molecular flexibility index (Phi) is 4.16. The highest BCUT2D eigenvalue weighted by Gasteiger charge is 2.29. The molecule has 0 radical (unpaired) electrons. The van der Waals surface area contributed by atoms with Crippen molar-refractivity contribution in [3.05, 3.63) is 41.7 Å². The lowest BCUT2D eigenvalue weighted by Crippen LogP contribution is -2.48. The van der Waals surface area contributed by atoms with Crippen molar-refractivity contribution in [2.75, 3.05) is 31.1 Å². The number of hydrogen-bond acceptors (Lipinski definition) is 4. The first-order valence-electron chi connectivity index (χ1n) is 7.69. The van der Waals surface area contributed by atoms with E-state index in [-0.39, 0.29) is 0 Å². The summed E-state index contributed by atoms with van der Waals surface area (Å²) in [6.07, 6.45) is 3.77. The van der Waals surface area contributed by atoms with Crippen LogP contribution in [0.3, 0.4) is 0 Å². The van der Waals surface area contributed by atoms with Gasteiger partial charge in [0.15, 0.2) is 0 Å². The zero-order chi connectivity index (χ0) is 16.6. The van der Waals surface area contributed by atoms with E-state index < -0.39 is 10.0 Å². The monoisotopic (exact) mass is 334 g/mol. The molecule has 7 heteroatoms. The first kappa shape index (κ1) is 16.0. The number of sulfonamides is 1. The van der Waals surface area contributed by atoms with Crippen LogP contribution in [0.15, 0.2) is 35.5 Å². The Labute approximate surface area is 137 Å². The van der Waals surface area contributed by atoms with Gasteiger partial charge in [0.25, 0.3) is 0 Å². The molecule has 2 aromatic rings. The van der Waals surface area contributed by atoms with Crippen LogP contribution in [-0.2, 0) is 17.1 Å². The lowest BCUT2D eigenvalue weighted by atomic mass is 10.2. The maximum atomic E-state index is 12.9. The van der Waals surface area contributed by atoms with Gasteiger partial charge in [-0.15, -0.1) is 0 Å². The van der Waals surface area contributed by atoms with Gasteiger partial charge >= 0.3 is 0 Å². The number of rotatable bonds is 3. The fourth-order valence-electron chi connectivity index (χ4n) is 2.88. The van der Waals surface area contributed by atoms with Gasteiger partial charge in [0, 0.05) is 39.4 Å². The molecule has 0 saturated carbocycles. The van der Waals surface area contributed by atoms with E-state index in [0.717, 1.165) is 16.8 Å². The summed E-state index contributed by atoms with van der Waals surface area (Å²) in [5, 5.41) is 4.17. The molecule has 1 aliphatic heterocycles. The van der Waals surface area contributed by atoms with Gasteiger partial charge in [0.1, 0.15) is 0 Å². The van der Waals surface area contributed by atoms with Crippen LogP contribution in [0.5, 0.6) is 0 Å². The number of anilines is 1. The minimum Gasteiger partial charge on any atom is -0.366 e. The molecule has 0 unspecified atom stereocenters. The van der Waals surface area contributed by atoms with Gasteiger partial charge < -0.3 is 4.90 Å². The number of piperazine rings is 1. The molecule has 23 heavy (non-hydrogen) atoms. The number of aryl methyl sites for hydroxylation is 3. The highest BCUT2D eigenvalue weighted by molar-refractivity contribution is 7.89. The molecule has 2 heterocycles. The molecular weight excluding hydrogens is 312 g/mol. The third-order valence-corrected chi connectivity index (χ3v) is 6.30. The Morgan fingerprint density at radius 3 is 2.39 bits per heavy atom. The molecule has 0 N–H and O–H groups in total. The maximum Gasteiger partial charge on any atom is 0.243 e. The summed E-state index contributed by atoms with van der Waals surface area (Å²) in [6, 6.07) is 5.57. The highest BCUT2D eigenvalue weighted by atomic mass is 32.2. The van der Waals surface area contributed by atoms with Crippen molar-refractivity contribution in [2.24, 2.45) is 7.05 Å². The van der Waals surface area contributed by atoms with Crippen LogP contribution in [0.4, 0.5) is 5.69 Å². The van der Waals surface area contributed by atoms with Gasteiger partial charge in [-0.1, -0.05) is 12.1 Å². The summed E-state index contributed by atoms with van der Waals surface area (Å²) < 4.78 is 29.1. The molecule has 0 amide bonds. The first-order chi connectivity index (χ1) is 10.9. The minimum absolute atomic E-state index is 0.423. The van der Waals surface area contributed by atoms with E-state index in [4.69, 9.17) is 0 Å². The number of hydrogen-bond donors (Lipinski definition) is 0. The fourth-order valence-corrected chi connectivity index (χ4v) is 4.61. The van der Waals surface area contributed by atoms with Crippen LogP contribution in [0.2, 0.25) is 0 Å². The van der Waals surface area contributed by atoms with Crippen molar-refractivity contribution in [3.8, 4) is 0 Å². The van der Waals surface area contributed by atoms with E-state index in [0.29, 0.717) is 31.1 Å². The number of benzene rings is 1. The molecular formula is C16H22N4O2S. The number of nitrogens with zero attached hydrogens (tertiary/aromatic N) is 4. The molecule has 6 nitrogen and oxygen atoms in total. The minimum atomic E-state index is -3.43. The predicted molar refractivity (Wildman–Crippen MR) is 90.1 cm³/mol. The standard InChI is InChI=1S/C16H22N4O2S/c1-13-4-5-14(2)16(10-13)23(21,22)20-8-6-19(7-9-20)15-11-17-18(3)12-15/h4-5,10-12H,6-9H2,1-3H3. The van der Waals surface area contributed by atoms with Gasteiger partial charge in [0.05, 0.1) is 16.8 Å². The Hall–Kier alpha value is -1.86. The Bertz CT molecular complexity index is 805. The quantitative estimate of drug-likeness (QED) is 0.854. The average molecular weight is 334 g/mol. The van der Waals surface area contributed by atoms with Gasteiger partial charge in [0.2, 0.25) is 10.0 Å². The van der Waals surface area contributed by atoms with E-state index in [1.54, 1.807) is 15.1 Å². The van der Waals surface area contributed by atoms with Gasteiger partial charge in [-0.3, -0.25) is 4.68 Å². The summed E-state index contributed by atoms with van der Waals surface area (Å²) in [4.78, 5) is 2.59. The van der Waals surface area contributed by atoms with Crippen LogP contribution in [0, 0.1) is 13.8 Å². The number of aromatic nitrogens is 2. The largest absolute Gasteiger partial charge is 0.366 e. The molecule has 0 spiro atoms. The van der Waals surface area contributed by atoms with Crippen LogP contribution in [0.1, 0.15) is 11.1 Å². The third kappa shape index (κ3) is 3.11. The zero-order valence-electron chi connectivity index (χ0n) is 13.7. The molecule has 1 aromatic carbocycles. The zero-order valence-corrected chi connectivity index (χ0v) is 14.5. The first-order valence-corrected chi connectivity index (χ1v) is 9.13. The Balaban J connectivity index is 1.77. The molecule has 3 rings (SSSR count). The van der Waals surface area contributed by atoms with Crippen molar-refractivity contribution in [1.82, 2.24) is 14.1 Å². The fraction of sp³-hybridized carbons (Fsp3) is 0.438. The molecule has 1 fully saturated rings. The molecule has 124 valence electrons. The van der Waals surface area contributed by atoms with Crippen LogP contribution in [0.25, 0.3) is 0 Å². The van der Waals surface area contributed by atoms with E-state index in [1.165, 1.54) is 0 Å². The summed E-state index contributed by atoms with van der Waals surface area (Å²) in [6.45, 7) is 6.10. The van der Waals surface area contributed by atoms with Gasteiger partial charge in [-0.25, -0.2) is 8.42 Å². The van der Waals surface area contributed by atoms with Crippen molar-refractivity contribution in [1.29, 1.82) is 0 Å². The predicted octanol–water partition coefficient (Wildman–Crippen LogP) is 1.55. The van der Waals surface area contributed by atoms with Gasteiger partial charge in [-0.2, -0.15) is 9.40 Å². The second-order valence-corrected chi connectivity index (χ2v) is 7.94. The normalized spacial score (nSPS) is 16.7. The van der Waals surface area contributed by atoms with Crippen LogP contribution >= 0.6 is 0 Å². The summed E-state index contributed by atoms with van der Waals surface area (Å²) >= 11 is 0. The van der Waals surface area contributed by atoms with Crippen molar-refractivity contribution >= 4 is 15.7 Å². The van der Waals surface area contributed by atoms with Crippen LogP contribution in [-0.4, -0.2) is 48.7 Å². The maximum absolute atomic E-state index is 12.9. The second kappa shape index (κ2) is 5.98. The van der Waals surface area contributed by atoms with Crippen molar-refractivity contribution in [3.63, 3.8) is 0 Å². The molecule has 0 atom stereocenters. The van der Waals surface area contributed by atoms with E-state index >= 15 is 0 Å². The molecule has 0 bridgehead atoms. The summed E-state index contributed by atoms with van der Waals surface area (Å²) in [5.74, 6) is 0. The average Bonchev–Trinajstić information content (AvgIpc) is 2.96. The second-order valence-electron chi connectivity index (χ2n) is 6.03. The molecule has 0 aliphatic carbocycles. The lowest BCUT2D eigenvalue weighted by molar-refractivity contribution is 0.384. The highest BCUT2D eigenvalue weighted by Crippen LogP contribution is 2.23. The summed E-state index contributed by atoms with van der Waals surface area (Å²) in [5.41, 5.74) is 2.80. The van der Waals surface area contributed by atoms with Crippen molar-refractivity contribution in [2.45, 2.75) is 18.7 Å². The molecule has 1 saturated heterocycles. The van der Waals surface area contributed by atoms with Crippen molar-refractivity contribution < 1.29 is 8.42 Å². The van der Waals surface area contributed by atoms with E-state index in [9.17, 15) is 8.42 Å². The van der Waals surface area contributed by atoms with E-state index in [1.807, 2.05) is 45.4 Å². The molecule has 1 aromatic heterocycles. The smallest absolute Gasteiger partial charge is 0.243 e. The SMILES string of the molecule is Cc1ccc(C)c(S(=O)(=O)N2CCN(c3cnn(C)c3)CC2)c1. The van der Waals surface area contributed by atoms with Crippen LogP contribution < -0.4 is 4.90 Å². The topological polar surface area (TPSA) is 58.4 Å². The Morgan fingerprint density at radius 1 is 1.09 bits per heavy atom. The van der Waals surface area contributed by atoms with Gasteiger partial charge in [-0.05, 0) is 31.0 Å².